The summed E-state index contributed by atoms with van der Waals surface area (Å²) >= 11 is 0. The van der Waals surface area contributed by atoms with Gasteiger partial charge in [-0.15, -0.1) is 0 Å². The Balaban J connectivity index is 1.76. The van der Waals surface area contributed by atoms with Gasteiger partial charge in [-0.1, -0.05) is 84.9 Å². The number of carbonyl (C=O) groups excluding carboxylic acids is 4. The molecule has 2 bridgehead atoms. The van der Waals surface area contributed by atoms with E-state index in [1.54, 1.807) is 66.7 Å². The molecule has 0 amide bonds. The monoisotopic (exact) mass is 537 g/mol. The number of nitrogens with zero attached hydrogens (tertiary/aromatic N) is 1. The molecule has 0 radical (unpaired) electrons. The molecule has 2 fully saturated rings. The number of piperidine rings is 1. The van der Waals surface area contributed by atoms with Crippen molar-refractivity contribution in [1.29, 1.82) is 0 Å². The van der Waals surface area contributed by atoms with Crippen molar-refractivity contribution in [3.8, 4) is 0 Å². The van der Waals surface area contributed by atoms with Crippen LogP contribution in [0.15, 0.2) is 97.1 Å². The second kappa shape index (κ2) is 11.0. The minimum atomic E-state index is -2.15. The van der Waals surface area contributed by atoms with E-state index in [1.165, 1.54) is 13.2 Å². The van der Waals surface area contributed by atoms with Gasteiger partial charge in [-0.2, -0.15) is 0 Å². The lowest BCUT2D eigenvalue weighted by Crippen LogP contribution is -2.74. The van der Waals surface area contributed by atoms with E-state index in [0.29, 0.717) is 12.8 Å². The molecule has 2 saturated heterocycles. The number of hydrogen-bond acceptors (Lipinski definition) is 7. The van der Waals surface area contributed by atoms with Crippen LogP contribution in [-0.2, 0) is 19.1 Å². The molecule has 40 heavy (non-hydrogen) atoms. The van der Waals surface area contributed by atoms with Crippen LogP contribution in [0.5, 0.6) is 0 Å². The second-order valence-electron chi connectivity index (χ2n) is 10.3. The summed E-state index contributed by atoms with van der Waals surface area (Å²) in [7, 11) is 3.03. The second-order valence-corrected chi connectivity index (χ2v) is 10.3. The predicted octanol–water partition coefficient (Wildman–Crippen LogP) is 4.77. The van der Waals surface area contributed by atoms with Gasteiger partial charge in [0.1, 0.15) is 0 Å². The number of rotatable bonds is 8. The van der Waals surface area contributed by atoms with Crippen molar-refractivity contribution in [2.75, 3.05) is 14.2 Å². The van der Waals surface area contributed by atoms with Gasteiger partial charge in [0.15, 0.2) is 11.2 Å². The van der Waals surface area contributed by atoms with Gasteiger partial charge < -0.3 is 9.47 Å². The van der Waals surface area contributed by atoms with E-state index in [1.807, 2.05) is 42.3 Å². The highest BCUT2D eigenvalue weighted by atomic mass is 16.6. The number of esters is 2. The van der Waals surface area contributed by atoms with E-state index in [0.717, 1.165) is 5.56 Å². The molecule has 7 nitrogen and oxygen atoms in total. The van der Waals surface area contributed by atoms with Crippen LogP contribution in [0.3, 0.4) is 0 Å². The summed E-state index contributed by atoms with van der Waals surface area (Å²) in [5.74, 6) is -2.94. The summed E-state index contributed by atoms with van der Waals surface area (Å²) in [5.41, 5.74) is -3.11. The average Bonchev–Trinajstić information content (AvgIpc) is 3.27. The first-order chi connectivity index (χ1) is 19.3. The predicted molar refractivity (Wildman–Crippen MR) is 149 cm³/mol. The van der Waals surface area contributed by atoms with Gasteiger partial charge in [0, 0.05) is 24.1 Å². The van der Waals surface area contributed by atoms with E-state index < -0.39 is 40.6 Å². The first kappa shape index (κ1) is 27.2. The Bertz CT molecular complexity index is 1440. The number of hydrogen-bond donors (Lipinski definition) is 0. The van der Waals surface area contributed by atoms with Crippen molar-refractivity contribution < 1.29 is 28.7 Å². The Morgan fingerprint density at radius 1 is 0.825 bits per heavy atom. The molecule has 0 N–H and O–H groups in total. The normalized spacial score (nSPS) is 25.9. The third kappa shape index (κ3) is 4.36. The molecule has 0 aliphatic carbocycles. The molecule has 3 aromatic rings. The maximum Gasteiger partial charge on any atom is 0.339 e. The van der Waals surface area contributed by atoms with E-state index in [-0.39, 0.29) is 23.6 Å². The first-order valence-electron chi connectivity index (χ1n) is 13.3. The molecule has 5 rings (SSSR count). The Morgan fingerprint density at radius 3 is 2.00 bits per heavy atom. The van der Waals surface area contributed by atoms with Crippen LogP contribution in [-0.4, -0.2) is 60.2 Å². The summed E-state index contributed by atoms with van der Waals surface area (Å²) < 4.78 is 11.6. The van der Waals surface area contributed by atoms with Crippen LogP contribution < -0.4 is 0 Å². The molecule has 0 aromatic heterocycles. The van der Waals surface area contributed by atoms with Crippen molar-refractivity contribution >= 4 is 29.6 Å². The van der Waals surface area contributed by atoms with Gasteiger partial charge in [0.2, 0.25) is 11.4 Å². The number of fused-ring (bicyclic) bond motifs is 2. The van der Waals surface area contributed by atoms with E-state index in [4.69, 9.17) is 9.47 Å². The molecule has 2 heterocycles. The van der Waals surface area contributed by atoms with Gasteiger partial charge in [-0.25, -0.2) is 4.79 Å². The number of carbonyl (C=O) groups is 4. The molecular formula is C33H31NO6. The maximum atomic E-state index is 14.7. The van der Waals surface area contributed by atoms with E-state index in [2.05, 4.69) is 0 Å². The molecule has 2 aliphatic rings. The third-order valence-electron chi connectivity index (χ3n) is 8.30. The summed E-state index contributed by atoms with van der Waals surface area (Å²) in [4.78, 5) is 59.0. The average molecular weight is 538 g/mol. The number of benzene rings is 3. The Hall–Kier alpha value is -4.36. The van der Waals surface area contributed by atoms with Crippen molar-refractivity contribution in [3.63, 3.8) is 0 Å². The van der Waals surface area contributed by atoms with Crippen molar-refractivity contribution in [2.24, 2.45) is 5.41 Å². The van der Waals surface area contributed by atoms with Gasteiger partial charge >= 0.3 is 11.9 Å². The molecule has 4 atom stereocenters. The highest BCUT2D eigenvalue weighted by molar-refractivity contribution is 6.20. The number of ketones is 2. The van der Waals surface area contributed by atoms with Crippen molar-refractivity contribution in [1.82, 2.24) is 4.90 Å². The lowest BCUT2D eigenvalue weighted by Gasteiger charge is -2.54. The molecule has 3 aromatic carbocycles. The molecule has 0 unspecified atom stereocenters. The molecule has 2 aliphatic heterocycles. The van der Waals surface area contributed by atoms with E-state index >= 15 is 0 Å². The first-order valence-corrected chi connectivity index (χ1v) is 13.3. The fourth-order valence-corrected chi connectivity index (χ4v) is 6.38. The minimum Gasteiger partial charge on any atom is -0.468 e. The smallest absolute Gasteiger partial charge is 0.339 e. The van der Waals surface area contributed by atoms with E-state index in [9.17, 15) is 19.2 Å². The summed E-state index contributed by atoms with van der Waals surface area (Å²) in [6.07, 6.45) is 3.96. The maximum absolute atomic E-state index is 14.7. The minimum absolute atomic E-state index is 0.0375. The van der Waals surface area contributed by atoms with Crippen LogP contribution >= 0.6 is 0 Å². The van der Waals surface area contributed by atoms with Crippen LogP contribution in [0.4, 0.5) is 0 Å². The summed E-state index contributed by atoms with van der Waals surface area (Å²) in [6.45, 7) is 0. The van der Waals surface area contributed by atoms with Gasteiger partial charge in [0.05, 0.1) is 12.7 Å². The van der Waals surface area contributed by atoms with Crippen molar-refractivity contribution in [3.05, 3.63) is 114 Å². The summed E-state index contributed by atoms with van der Waals surface area (Å²) in [5, 5.41) is 0. The molecule has 7 heteroatoms. The fraction of sp³-hybridized carbons (Fsp3) is 0.273. The van der Waals surface area contributed by atoms with Crippen LogP contribution in [0.25, 0.3) is 6.08 Å². The Morgan fingerprint density at radius 2 is 1.40 bits per heavy atom. The zero-order chi connectivity index (χ0) is 28.3. The zero-order valence-corrected chi connectivity index (χ0v) is 22.5. The molecule has 0 saturated carbocycles. The van der Waals surface area contributed by atoms with Gasteiger partial charge in [-0.05, 0) is 43.7 Å². The Kier molecular flexibility index (Phi) is 7.50. The highest BCUT2D eigenvalue weighted by Crippen LogP contribution is 2.56. The van der Waals surface area contributed by atoms with Crippen LogP contribution in [0.1, 0.15) is 45.5 Å². The fourth-order valence-electron chi connectivity index (χ4n) is 6.38. The van der Waals surface area contributed by atoms with Crippen LogP contribution in [0, 0.1) is 5.41 Å². The molecular weight excluding hydrogens is 506 g/mol. The van der Waals surface area contributed by atoms with Crippen molar-refractivity contribution in [2.45, 2.75) is 36.9 Å². The topological polar surface area (TPSA) is 90.0 Å². The standard InChI is InChI=1S/C33H31NO6/c1-34-26-19-20-27(34)33(31(38)39-2,29(36)24-14-8-4-9-15-24)32(22-26,40-30(37)25-16-10-5-11-17-25)28(35)21-18-23-12-6-3-7-13-23/h3-18,21,26-27H,19-20,22H2,1-2H3/b21-18+/t26-,27+,32-,33-/m1/s1. The number of methoxy groups -OCH3 is 1. The summed E-state index contributed by atoms with van der Waals surface area (Å²) in [6, 6.07) is 24.9. The Labute approximate surface area is 233 Å². The molecule has 0 spiro atoms. The third-order valence-corrected chi connectivity index (χ3v) is 8.30. The highest BCUT2D eigenvalue weighted by Gasteiger charge is 2.76. The van der Waals surface area contributed by atoms with Gasteiger partial charge in [0.25, 0.3) is 0 Å². The number of ether oxygens (including phenoxy) is 2. The largest absolute Gasteiger partial charge is 0.468 e. The molecule has 204 valence electrons. The quantitative estimate of drug-likeness (QED) is 0.177. The van der Waals surface area contributed by atoms with Crippen LogP contribution in [0.2, 0.25) is 0 Å². The lowest BCUT2D eigenvalue weighted by atomic mass is 9.57. The number of Topliss-reactive ketones (excluding diaryl/α,β-unsaturated/α-hetero) is 1. The van der Waals surface area contributed by atoms with Gasteiger partial charge in [-0.3, -0.25) is 19.3 Å². The SMILES string of the molecule is COC(=O)[C@]1(C(=O)c2ccccc2)[C@@H]2CC[C@H](C[C@@]1(OC(=O)c1ccccc1)C(=O)/C=C/c1ccccc1)N2C. The lowest BCUT2D eigenvalue weighted by molar-refractivity contribution is -0.188. The zero-order valence-electron chi connectivity index (χ0n) is 22.5.